The van der Waals surface area contributed by atoms with Gasteiger partial charge in [-0.05, 0) is 18.2 Å². The topological polar surface area (TPSA) is 106 Å². The summed E-state index contributed by atoms with van der Waals surface area (Å²) in [6.45, 7) is 0. The van der Waals surface area contributed by atoms with E-state index in [0.29, 0.717) is 0 Å². The van der Waals surface area contributed by atoms with Gasteiger partial charge in [-0.15, -0.1) is 0 Å². The molecule has 1 rings (SSSR count). The molecule has 5 N–H and O–H groups in total. The fourth-order valence-corrected chi connectivity index (χ4v) is 1.36. The fourth-order valence-electron chi connectivity index (χ4n) is 0.795. The average Bonchev–Trinajstić information content (AvgIpc) is 1.82. The molecule has 0 aromatic heterocycles. The molecule has 0 saturated carbocycles. The van der Waals surface area contributed by atoms with E-state index in [1.165, 1.54) is 6.07 Å². The molecule has 6 heteroatoms. The molecule has 0 fully saturated rings. The Morgan fingerprint density at radius 2 is 1.50 bits per heavy atom. The lowest BCUT2D eigenvalue weighted by Crippen LogP contribution is -2.00. The highest BCUT2D eigenvalue weighted by atomic mass is 32.2. The van der Waals surface area contributed by atoms with E-state index in [0.717, 1.165) is 12.1 Å². The summed E-state index contributed by atoms with van der Waals surface area (Å²) in [4.78, 5) is -0.292. The molecule has 1 aromatic rings. The van der Waals surface area contributed by atoms with Crippen molar-refractivity contribution in [2.45, 2.75) is 4.90 Å². The highest BCUT2D eigenvalue weighted by Gasteiger charge is 2.09. The summed E-state index contributed by atoms with van der Waals surface area (Å²) in [6.07, 6.45) is 0. The Balaban J connectivity index is 3.37. The Bertz CT molecular complexity index is 379. The lowest BCUT2D eigenvalue weighted by molar-refractivity contribution is 0.483. The number of nitrogen functional groups attached to an aromatic ring is 2. The number of hydrogen-bond acceptors (Lipinski definition) is 4. The highest BCUT2D eigenvalue weighted by molar-refractivity contribution is 7.85. The molecule has 0 amide bonds. The van der Waals surface area contributed by atoms with Crippen molar-refractivity contribution < 1.29 is 13.0 Å². The molecule has 0 unspecified atom stereocenters. The van der Waals surface area contributed by atoms with Gasteiger partial charge in [0, 0.05) is 11.4 Å². The summed E-state index contributed by atoms with van der Waals surface area (Å²) < 4.78 is 29.8. The van der Waals surface area contributed by atoms with Crippen molar-refractivity contribution in [2.75, 3.05) is 11.5 Å². The van der Waals surface area contributed by atoms with Gasteiger partial charge in [-0.1, -0.05) is 0 Å². The Morgan fingerprint density at radius 3 is 1.83 bits per heavy atom. The van der Waals surface area contributed by atoms with Gasteiger partial charge in [-0.25, -0.2) is 0 Å². The Kier molecular flexibility index (Phi) is 1.95. The summed E-state index contributed by atoms with van der Waals surface area (Å²) in [5.74, 6) is 0. The lowest BCUT2D eigenvalue weighted by Gasteiger charge is -2.00. The molecule has 66 valence electrons. The average molecular weight is 188 g/mol. The summed E-state index contributed by atoms with van der Waals surface area (Å²) in [7, 11) is -4.21. The zero-order valence-corrected chi connectivity index (χ0v) is 6.88. The molecule has 0 aliphatic carbocycles. The van der Waals surface area contributed by atoms with E-state index in [-0.39, 0.29) is 16.3 Å². The molecule has 0 aliphatic rings. The van der Waals surface area contributed by atoms with Crippen molar-refractivity contribution in [1.82, 2.24) is 0 Å². The van der Waals surface area contributed by atoms with Gasteiger partial charge in [0.05, 0.1) is 4.90 Å². The Labute approximate surface area is 69.7 Å². The first-order valence-electron chi connectivity index (χ1n) is 3.03. The first kappa shape index (κ1) is 8.82. The van der Waals surface area contributed by atoms with Crippen LogP contribution in [0.2, 0.25) is 0 Å². The lowest BCUT2D eigenvalue weighted by atomic mass is 10.3. The predicted molar refractivity (Wildman–Crippen MR) is 45.1 cm³/mol. The van der Waals surface area contributed by atoms with Crippen LogP contribution in [0.4, 0.5) is 11.4 Å². The SMILES string of the molecule is Nc1cc(N)cc(S(=O)(=O)O)c1. The zero-order chi connectivity index (χ0) is 9.35. The van der Waals surface area contributed by atoms with E-state index in [9.17, 15) is 8.42 Å². The number of nitrogens with two attached hydrogens (primary N) is 2. The number of hydrogen-bond donors (Lipinski definition) is 3. The van der Waals surface area contributed by atoms with Crippen LogP contribution in [-0.2, 0) is 10.1 Å². The first-order chi connectivity index (χ1) is 5.39. The molecule has 0 radical (unpaired) electrons. The van der Waals surface area contributed by atoms with Crippen molar-refractivity contribution in [3.8, 4) is 0 Å². The molecular formula is C6H8N2O3S. The van der Waals surface area contributed by atoms with Crippen LogP contribution < -0.4 is 11.5 Å². The highest BCUT2D eigenvalue weighted by Crippen LogP contribution is 2.17. The number of benzene rings is 1. The van der Waals surface area contributed by atoms with E-state index >= 15 is 0 Å². The first-order valence-corrected chi connectivity index (χ1v) is 4.47. The van der Waals surface area contributed by atoms with Gasteiger partial charge in [0.1, 0.15) is 0 Å². The van der Waals surface area contributed by atoms with Crippen molar-refractivity contribution in [3.05, 3.63) is 18.2 Å². The summed E-state index contributed by atoms with van der Waals surface area (Å²) >= 11 is 0. The number of rotatable bonds is 1. The van der Waals surface area contributed by atoms with Crippen molar-refractivity contribution in [3.63, 3.8) is 0 Å². The largest absolute Gasteiger partial charge is 0.399 e. The van der Waals surface area contributed by atoms with Crippen LogP contribution in [0, 0.1) is 0 Å². The van der Waals surface area contributed by atoms with Crippen LogP contribution in [0.15, 0.2) is 23.1 Å². The smallest absolute Gasteiger partial charge is 0.294 e. The van der Waals surface area contributed by atoms with Gasteiger partial charge < -0.3 is 11.5 Å². The minimum absolute atomic E-state index is 0.197. The minimum atomic E-state index is -4.21. The Hall–Kier alpha value is -1.27. The van der Waals surface area contributed by atoms with E-state index in [1.807, 2.05) is 0 Å². The minimum Gasteiger partial charge on any atom is -0.399 e. The van der Waals surface area contributed by atoms with E-state index in [4.69, 9.17) is 16.0 Å². The van der Waals surface area contributed by atoms with Crippen molar-refractivity contribution in [1.29, 1.82) is 0 Å². The molecule has 12 heavy (non-hydrogen) atoms. The van der Waals surface area contributed by atoms with Gasteiger partial charge in [-0.2, -0.15) is 8.42 Å². The van der Waals surface area contributed by atoms with Crippen LogP contribution >= 0.6 is 0 Å². The van der Waals surface area contributed by atoms with Crippen LogP contribution in [0.1, 0.15) is 0 Å². The quantitative estimate of drug-likeness (QED) is 0.428. The molecular weight excluding hydrogens is 180 g/mol. The van der Waals surface area contributed by atoms with Crippen molar-refractivity contribution >= 4 is 21.5 Å². The van der Waals surface area contributed by atoms with Gasteiger partial charge in [-0.3, -0.25) is 4.55 Å². The van der Waals surface area contributed by atoms with Gasteiger partial charge in [0.15, 0.2) is 0 Å². The number of anilines is 2. The standard InChI is InChI=1S/C6H8N2O3S/c7-4-1-5(8)3-6(2-4)12(9,10)11/h1-3H,7-8H2,(H,9,10,11). The normalized spacial score (nSPS) is 11.4. The molecule has 5 nitrogen and oxygen atoms in total. The second kappa shape index (κ2) is 2.65. The molecule has 0 heterocycles. The molecule has 0 bridgehead atoms. The monoisotopic (exact) mass is 188 g/mol. The maximum atomic E-state index is 10.6. The van der Waals surface area contributed by atoms with Crippen LogP contribution in [0.5, 0.6) is 0 Å². The van der Waals surface area contributed by atoms with Gasteiger partial charge in [0.2, 0.25) is 0 Å². The zero-order valence-electron chi connectivity index (χ0n) is 6.06. The molecule has 0 aliphatic heterocycles. The van der Waals surface area contributed by atoms with Gasteiger partial charge >= 0.3 is 0 Å². The second-order valence-electron chi connectivity index (χ2n) is 2.31. The van der Waals surface area contributed by atoms with E-state index < -0.39 is 10.1 Å². The maximum Gasteiger partial charge on any atom is 0.294 e. The fraction of sp³-hybridized carbons (Fsp3) is 0. The maximum absolute atomic E-state index is 10.6. The Morgan fingerprint density at radius 1 is 1.08 bits per heavy atom. The third kappa shape index (κ3) is 1.86. The van der Waals surface area contributed by atoms with Crippen LogP contribution in [0.25, 0.3) is 0 Å². The third-order valence-corrected chi connectivity index (χ3v) is 2.08. The molecule has 0 saturated heterocycles. The second-order valence-corrected chi connectivity index (χ2v) is 3.73. The van der Waals surface area contributed by atoms with Crippen LogP contribution in [-0.4, -0.2) is 13.0 Å². The molecule has 0 atom stereocenters. The van der Waals surface area contributed by atoms with E-state index in [1.54, 1.807) is 0 Å². The summed E-state index contributed by atoms with van der Waals surface area (Å²) in [6, 6.07) is 3.66. The summed E-state index contributed by atoms with van der Waals surface area (Å²) in [5.41, 5.74) is 11.0. The third-order valence-electron chi connectivity index (χ3n) is 1.25. The predicted octanol–water partition coefficient (Wildman–Crippen LogP) is 0.0977. The summed E-state index contributed by atoms with van der Waals surface area (Å²) in [5, 5.41) is 0. The molecule has 0 spiro atoms. The van der Waals surface area contributed by atoms with Gasteiger partial charge in [0.25, 0.3) is 10.1 Å². The van der Waals surface area contributed by atoms with E-state index in [2.05, 4.69) is 0 Å². The van der Waals surface area contributed by atoms with Crippen LogP contribution in [0.3, 0.4) is 0 Å². The van der Waals surface area contributed by atoms with Crippen molar-refractivity contribution in [2.24, 2.45) is 0 Å². The molecule has 1 aromatic carbocycles.